The normalized spacial score (nSPS) is 37.4. The quantitative estimate of drug-likeness (QED) is 0.276. The van der Waals surface area contributed by atoms with Crippen molar-refractivity contribution in [2.45, 2.75) is 128 Å². The second-order valence-electron chi connectivity index (χ2n) is 12.3. The van der Waals surface area contributed by atoms with Crippen LogP contribution in [0.2, 0.25) is 0 Å². The zero-order valence-corrected chi connectivity index (χ0v) is 26.9. The molecule has 5 rings (SSSR count). The van der Waals surface area contributed by atoms with Crippen LogP contribution in [0.15, 0.2) is 22.8 Å². The summed E-state index contributed by atoms with van der Waals surface area (Å²) >= 11 is 0. The topological polar surface area (TPSA) is 183 Å². The van der Waals surface area contributed by atoms with Crippen molar-refractivity contribution >= 4 is 23.9 Å². The monoisotopic (exact) mass is 656 g/mol. The first kappa shape index (κ1) is 34.2. The Hall–Kier alpha value is -3.12. The summed E-state index contributed by atoms with van der Waals surface area (Å²) in [5.41, 5.74) is 0. The minimum Gasteiger partial charge on any atom is -0.463 e. The van der Waals surface area contributed by atoms with E-state index < -0.39 is 103 Å². The van der Waals surface area contributed by atoms with Crippen LogP contribution in [0.3, 0.4) is 0 Å². The molecular weight excluding hydrogens is 616 g/mol. The van der Waals surface area contributed by atoms with E-state index in [0.29, 0.717) is 0 Å². The van der Waals surface area contributed by atoms with Crippen LogP contribution in [0.25, 0.3) is 0 Å². The first-order chi connectivity index (χ1) is 21.5. The van der Waals surface area contributed by atoms with Gasteiger partial charge in [-0.05, 0) is 39.8 Å². The highest BCUT2D eigenvalue weighted by atomic mass is 16.9. The Labute approximate surface area is 265 Å². The molecule has 4 saturated heterocycles. The van der Waals surface area contributed by atoms with E-state index in [1.807, 2.05) is 0 Å². The molecule has 1 aromatic rings. The lowest BCUT2D eigenvalue weighted by atomic mass is 9.89. The number of rotatable bonds is 9. The number of hydrogen-bond acceptors (Lipinski definition) is 16. The van der Waals surface area contributed by atoms with Gasteiger partial charge in [-0.3, -0.25) is 19.2 Å². The number of fused-ring (bicyclic) bond motifs is 3. The summed E-state index contributed by atoms with van der Waals surface area (Å²) in [6, 6.07) is 3.03. The molecule has 10 atom stereocenters. The van der Waals surface area contributed by atoms with Gasteiger partial charge in [0.1, 0.15) is 37.1 Å². The fraction of sp³-hybridized carbons (Fsp3) is 0.733. The van der Waals surface area contributed by atoms with E-state index >= 15 is 0 Å². The van der Waals surface area contributed by atoms with Crippen molar-refractivity contribution in [2.75, 3.05) is 13.2 Å². The summed E-state index contributed by atoms with van der Waals surface area (Å²) in [7, 11) is 0. The van der Waals surface area contributed by atoms with Gasteiger partial charge in [0.15, 0.2) is 35.8 Å². The van der Waals surface area contributed by atoms with Gasteiger partial charge in [0.25, 0.3) is 5.79 Å². The molecule has 5 heterocycles. The van der Waals surface area contributed by atoms with E-state index in [2.05, 4.69) is 0 Å². The zero-order chi connectivity index (χ0) is 33.6. The largest absolute Gasteiger partial charge is 0.463 e. The third kappa shape index (κ3) is 7.07. The fourth-order valence-corrected chi connectivity index (χ4v) is 6.16. The highest BCUT2D eigenvalue weighted by Crippen LogP contribution is 2.47. The molecule has 1 aromatic heterocycles. The Balaban J connectivity index is 1.56. The Bertz CT molecular complexity index is 1290. The molecule has 0 saturated carbocycles. The molecule has 4 aliphatic heterocycles. The first-order valence-electron chi connectivity index (χ1n) is 14.9. The fourth-order valence-electron chi connectivity index (χ4n) is 6.16. The molecule has 0 aromatic carbocycles. The number of ether oxygens (including phenoxy) is 11. The zero-order valence-electron chi connectivity index (χ0n) is 26.9. The van der Waals surface area contributed by atoms with E-state index in [9.17, 15) is 19.2 Å². The molecule has 0 spiro atoms. The number of esters is 4. The molecule has 16 nitrogen and oxygen atoms in total. The maximum atomic E-state index is 12.6. The molecule has 16 heteroatoms. The molecule has 4 aliphatic rings. The molecule has 0 radical (unpaired) electrons. The number of carbonyl (C=O) groups is 4. The van der Waals surface area contributed by atoms with Crippen LogP contribution in [-0.4, -0.2) is 104 Å². The van der Waals surface area contributed by atoms with E-state index in [0.717, 1.165) is 20.8 Å². The van der Waals surface area contributed by atoms with E-state index in [-0.39, 0.29) is 12.4 Å². The lowest BCUT2D eigenvalue weighted by Gasteiger charge is -2.50. The summed E-state index contributed by atoms with van der Waals surface area (Å²) < 4.78 is 71.6. The van der Waals surface area contributed by atoms with Gasteiger partial charge in [-0.2, -0.15) is 0 Å². The van der Waals surface area contributed by atoms with Crippen LogP contribution in [0.1, 0.15) is 61.2 Å². The molecule has 0 bridgehead atoms. The Morgan fingerprint density at radius 1 is 0.696 bits per heavy atom. The Morgan fingerprint density at radius 2 is 1.30 bits per heavy atom. The highest BCUT2D eigenvalue weighted by Gasteiger charge is 2.65. The van der Waals surface area contributed by atoms with Crippen molar-refractivity contribution in [2.24, 2.45) is 0 Å². The maximum Gasteiger partial charge on any atom is 0.303 e. The predicted octanol–water partition coefficient (Wildman–Crippen LogP) is 1.60. The third-order valence-corrected chi connectivity index (χ3v) is 7.62. The summed E-state index contributed by atoms with van der Waals surface area (Å²) in [6.45, 7) is 10.8. The molecule has 0 aliphatic carbocycles. The lowest BCUT2D eigenvalue weighted by molar-refractivity contribution is -0.387. The van der Waals surface area contributed by atoms with Crippen LogP contribution in [0.5, 0.6) is 0 Å². The Morgan fingerprint density at radius 3 is 1.91 bits per heavy atom. The molecule has 256 valence electrons. The Kier molecular flexibility index (Phi) is 9.54. The average molecular weight is 657 g/mol. The van der Waals surface area contributed by atoms with Crippen molar-refractivity contribution in [1.29, 1.82) is 0 Å². The summed E-state index contributed by atoms with van der Waals surface area (Å²) in [5.74, 6) is -7.21. The second kappa shape index (κ2) is 12.8. The average Bonchev–Trinajstić information content (AvgIpc) is 3.65. The van der Waals surface area contributed by atoms with Gasteiger partial charge >= 0.3 is 23.9 Å². The molecule has 0 N–H and O–H groups in total. The van der Waals surface area contributed by atoms with Crippen molar-refractivity contribution in [3.05, 3.63) is 24.2 Å². The number of hydrogen-bond donors (Lipinski definition) is 0. The van der Waals surface area contributed by atoms with Crippen molar-refractivity contribution < 1.29 is 75.7 Å². The van der Waals surface area contributed by atoms with Crippen LogP contribution in [-0.2, 0) is 77.1 Å². The van der Waals surface area contributed by atoms with Crippen LogP contribution in [0, 0.1) is 0 Å². The summed E-state index contributed by atoms with van der Waals surface area (Å²) in [6.07, 6.45) is -8.19. The van der Waals surface area contributed by atoms with E-state index in [1.54, 1.807) is 27.7 Å². The van der Waals surface area contributed by atoms with Crippen molar-refractivity contribution in [1.82, 2.24) is 0 Å². The van der Waals surface area contributed by atoms with Crippen LogP contribution in [0.4, 0.5) is 0 Å². The summed E-state index contributed by atoms with van der Waals surface area (Å²) in [5, 5.41) is 0. The number of carbonyl (C=O) groups excluding carboxylic acids is 4. The number of furan rings is 1. The van der Waals surface area contributed by atoms with E-state index in [1.165, 1.54) is 25.3 Å². The second-order valence-corrected chi connectivity index (χ2v) is 12.3. The SMILES string of the molecule is CC(=O)OC[C@H]1O[C@@](OC[C@H]2O[C@@H]3OC(C)(C)O[C@@H]3[C@H]3OC(C)(C)O[C@H]32)(c2ccco2)[C@@H](OC(C)=O)[C@@H](OC(C)=O)[C@@H]1OC(C)=O. The van der Waals surface area contributed by atoms with Gasteiger partial charge in [0, 0.05) is 27.7 Å². The third-order valence-electron chi connectivity index (χ3n) is 7.62. The van der Waals surface area contributed by atoms with Gasteiger partial charge < -0.3 is 56.5 Å². The standard InChI is InChI=1S/C30H40O16/c1-14(31)36-12-19-21(38-15(2)32)24(39-16(3)33)26(40-17(4)34)30(42-19,20-10-9-11-35-20)37-13-18-22-23(44-28(5,6)43-22)25-27(41-18)46-29(7,8)45-25/h9-11,18-19,21-27H,12-13H2,1-8H3/t18-,19-,21-,22+,23+,24+,25-,26+,27-,30+/m1/s1. The molecule has 4 fully saturated rings. The molecule has 0 unspecified atom stereocenters. The lowest BCUT2D eigenvalue weighted by Crippen LogP contribution is -2.68. The van der Waals surface area contributed by atoms with Crippen LogP contribution >= 0.6 is 0 Å². The molecule has 46 heavy (non-hydrogen) atoms. The maximum absolute atomic E-state index is 12.6. The minimum absolute atomic E-state index is 0.0132. The van der Waals surface area contributed by atoms with E-state index in [4.69, 9.17) is 56.5 Å². The summed E-state index contributed by atoms with van der Waals surface area (Å²) in [4.78, 5) is 49.1. The smallest absolute Gasteiger partial charge is 0.303 e. The van der Waals surface area contributed by atoms with Gasteiger partial charge in [-0.25, -0.2) is 0 Å². The van der Waals surface area contributed by atoms with Gasteiger partial charge in [-0.1, -0.05) is 0 Å². The van der Waals surface area contributed by atoms with Gasteiger partial charge in [0.05, 0.1) is 12.9 Å². The molecular formula is C30H40O16. The van der Waals surface area contributed by atoms with Gasteiger partial charge in [0.2, 0.25) is 6.10 Å². The predicted molar refractivity (Wildman–Crippen MR) is 147 cm³/mol. The highest BCUT2D eigenvalue weighted by molar-refractivity contribution is 5.69. The van der Waals surface area contributed by atoms with Gasteiger partial charge in [-0.15, -0.1) is 0 Å². The molecule has 0 amide bonds. The minimum atomic E-state index is -2.17. The first-order valence-corrected chi connectivity index (χ1v) is 14.9. The van der Waals surface area contributed by atoms with Crippen molar-refractivity contribution in [3.8, 4) is 0 Å². The van der Waals surface area contributed by atoms with Crippen molar-refractivity contribution in [3.63, 3.8) is 0 Å². The van der Waals surface area contributed by atoms with Crippen LogP contribution < -0.4 is 0 Å².